The maximum Gasteiger partial charge on any atom is 0.294 e. The summed E-state index contributed by atoms with van der Waals surface area (Å²) in [7, 11) is 0. The fourth-order valence-electron chi connectivity index (χ4n) is 2.22. The number of pyridine rings is 1. The molecule has 0 radical (unpaired) electrons. The van der Waals surface area contributed by atoms with Crippen LogP contribution >= 0.6 is 0 Å². The number of H-pyrrole nitrogens is 1. The Balaban J connectivity index is 2.34. The smallest absolute Gasteiger partial charge is 0.294 e. The number of hydrogen-bond donors (Lipinski definition) is 3. The number of fused-ring (bicyclic) bond motifs is 1. The predicted octanol–water partition coefficient (Wildman–Crippen LogP) is 2.63. The SMILES string of the molecule is CCCC(C)COc1c(O)c2ccc(N)cc2[nH]c1=O. The first kappa shape index (κ1) is 14.2. The van der Waals surface area contributed by atoms with Crippen molar-refractivity contribution in [1.29, 1.82) is 0 Å². The molecule has 0 aliphatic carbocycles. The van der Waals surface area contributed by atoms with Crippen LogP contribution in [0.1, 0.15) is 26.7 Å². The zero-order chi connectivity index (χ0) is 14.7. The highest BCUT2D eigenvalue weighted by atomic mass is 16.5. The first-order chi connectivity index (χ1) is 9.52. The lowest BCUT2D eigenvalue weighted by Crippen LogP contribution is -2.16. The number of anilines is 1. The summed E-state index contributed by atoms with van der Waals surface area (Å²) in [5.74, 6) is 0.179. The molecule has 1 unspecified atom stereocenters. The first-order valence-electron chi connectivity index (χ1n) is 6.80. The van der Waals surface area contributed by atoms with Crippen molar-refractivity contribution in [2.45, 2.75) is 26.7 Å². The molecule has 1 atom stereocenters. The van der Waals surface area contributed by atoms with E-state index in [-0.39, 0.29) is 11.5 Å². The van der Waals surface area contributed by atoms with Gasteiger partial charge < -0.3 is 20.6 Å². The Labute approximate surface area is 117 Å². The van der Waals surface area contributed by atoms with Gasteiger partial charge in [-0.2, -0.15) is 0 Å². The number of aromatic hydroxyl groups is 1. The van der Waals surface area contributed by atoms with Crippen LogP contribution in [0.15, 0.2) is 23.0 Å². The Bertz CT molecular complexity index is 664. The highest BCUT2D eigenvalue weighted by molar-refractivity contribution is 5.88. The number of nitrogens with one attached hydrogen (secondary N) is 1. The molecule has 4 N–H and O–H groups in total. The molecule has 2 aromatic rings. The quantitative estimate of drug-likeness (QED) is 0.732. The molecular formula is C15H20N2O3. The van der Waals surface area contributed by atoms with Crippen LogP contribution in [0.3, 0.4) is 0 Å². The number of ether oxygens (including phenoxy) is 1. The van der Waals surface area contributed by atoms with Crippen LogP contribution < -0.4 is 16.0 Å². The summed E-state index contributed by atoms with van der Waals surface area (Å²) in [6, 6.07) is 4.95. The summed E-state index contributed by atoms with van der Waals surface area (Å²) in [6.45, 7) is 4.56. The van der Waals surface area contributed by atoms with E-state index in [1.807, 2.05) is 0 Å². The third kappa shape index (κ3) is 2.87. The lowest BCUT2D eigenvalue weighted by Gasteiger charge is -2.13. The highest BCUT2D eigenvalue weighted by Crippen LogP contribution is 2.31. The number of nitrogen functional groups attached to an aromatic ring is 1. The molecule has 0 bridgehead atoms. The molecule has 0 aliphatic rings. The van der Waals surface area contributed by atoms with E-state index in [0.29, 0.717) is 29.1 Å². The standard InChI is InChI=1S/C15H20N2O3/c1-3-4-9(2)8-20-14-13(18)11-6-5-10(16)7-12(11)17-15(14)19/h5-7,9H,3-4,8,16H2,1-2H3,(H2,17,18,19). The third-order valence-corrected chi connectivity index (χ3v) is 3.26. The minimum Gasteiger partial charge on any atom is -0.504 e. The maximum atomic E-state index is 12.0. The minimum absolute atomic E-state index is 0.0229. The van der Waals surface area contributed by atoms with Gasteiger partial charge in [-0.1, -0.05) is 20.3 Å². The van der Waals surface area contributed by atoms with Gasteiger partial charge in [-0.15, -0.1) is 0 Å². The van der Waals surface area contributed by atoms with Gasteiger partial charge in [0.25, 0.3) is 5.56 Å². The Hall–Kier alpha value is -2.17. The number of aromatic amines is 1. The number of benzene rings is 1. The van der Waals surface area contributed by atoms with Gasteiger partial charge in [-0.05, 0) is 30.5 Å². The Kier molecular flexibility index (Phi) is 4.17. The van der Waals surface area contributed by atoms with Crippen molar-refractivity contribution in [2.75, 3.05) is 12.3 Å². The van der Waals surface area contributed by atoms with Crippen LogP contribution in [0, 0.1) is 5.92 Å². The van der Waals surface area contributed by atoms with E-state index >= 15 is 0 Å². The van der Waals surface area contributed by atoms with Crippen molar-refractivity contribution in [3.05, 3.63) is 28.6 Å². The van der Waals surface area contributed by atoms with Crippen molar-refractivity contribution in [3.63, 3.8) is 0 Å². The molecule has 1 aromatic heterocycles. The van der Waals surface area contributed by atoms with E-state index in [1.165, 1.54) is 0 Å². The normalized spacial score (nSPS) is 12.5. The molecule has 5 heteroatoms. The molecular weight excluding hydrogens is 256 g/mol. The van der Waals surface area contributed by atoms with Crippen molar-refractivity contribution < 1.29 is 9.84 Å². The van der Waals surface area contributed by atoms with Crippen molar-refractivity contribution in [3.8, 4) is 11.5 Å². The second-order valence-corrected chi connectivity index (χ2v) is 5.14. The van der Waals surface area contributed by atoms with Crippen LogP contribution in [-0.2, 0) is 0 Å². The van der Waals surface area contributed by atoms with Gasteiger partial charge in [0.05, 0.1) is 12.1 Å². The average Bonchev–Trinajstić information content (AvgIpc) is 2.38. The van der Waals surface area contributed by atoms with Gasteiger partial charge in [-0.25, -0.2) is 0 Å². The van der Waals surface area contributed by atoms with E-state index in [9.17, 15) is 9.90 Å². The molecule has 0 spiro atoms. The van der Waals surface area contributed by atoms with Crippen molar-refractivity contribution in [1.82, 2.24) is 4.98 Å². The summed E-state index contributed by atoms with van der Waals surface area (Å²) < 4.78 is 5.50. The summed E-state index contributed by atoms with van der Waals surface area (Å²) in [5.41, 5.74) is 6.25. The van der Waals surface area contributed by atoms with Gasteiger partial charge in [0, 0.05) is 11.1 Å². The Morgan fingerprint density at radius 3 is 2.90 bits per heavy atom. The Morgan fingerprint density at radius 2 is 2.20 bits per heavy atom. The molecule has 0 saturated carbocycles. The van der Waals surface area contributed by atoms with E-state index in [1.54, 1.807) is 18.2 Å². The van der Waals surface area contributed by atoms with Gasteiger partial charge in [-0.3, -0.25) is 4.79 Å². The summed E-state index contributed by atoms with van der Waals surface area (Å²) in [5, 5.41) is 10.7. The first-order valence-corrected chi connectivity index (χ1v) is 6.80. The maximum absolute atomic E-state index is 12.0. The van der Waals surface area contributed by atoms with E-state index in [4.69, 9.17) is 10.5 Å². The predicted molar refractivity (Wildman–Crippen MR) is 80.2 cm³/mol. The number of aromatic nitrogens is 1. The van der Waals surface area contributed by atoms with Crippen LogP contribution in [0.2, 0.25) is 0 Å². The second kappa shape index (κ2) is 5.86. The van der Waals surface area contributed by atoms with Crippen LogP contribution in [0.4, 0.5) is 5.69 Å². The lowest BCUT2D eigenvalue weighted by molar-refractivity contribution is 0.240. The molecule has 0 saturated heterocycles. The molecule has 2 rings (SSSR count). The number of rotatable bonds is 5. The number of hydrogen-bond acceptors (Lipinski definition) is 4. The summed E-state index contributed by atoms with van der Waals surface area (Å²) in [4.78, 5) is 14.6. The van der Waals surface area contributed by atoms with Gasteiger partial charge in [0.15, 0.2) is 5.75 Å². The minimum atomic E-state index is -0.440. The highest BCUT2D eigenvalue weighted by Gasteiger charge is 2.14. The fraction of sp³-hybridized carbons (Fsp3) is 0.400. The zero-order valence-electron chi connectivity index (χ0n) is 11.8. The van der Waals surface area contributed by atoms with Crippen LogP contribution in [0.5, 0.6) is 11.5 Å². The van der Waals surface area contributed by atoms with E-state index < -0.39 is 5.56 Å². The second-order valence-electron chi connectivity index (χ2n) is 5.14. The van der Waals surface area contributed by atoms with Crippen molar-refractivity contribution >= 4 is 16.6 Å². The molecule has 0 aliphatic heterocycles. The van der Waals surface area contributed by atoms with E-state index in [0.717, 1.165) is 12.8 Å². The lowest BCUT2D eigenvalue weighted by atomic mass is 10.1. The molecule has 1 heterocycles. The van der Waals surface area contributed by atoms with Gasteiger partial charge in [0.2, 0.25) is 5.75 Å². The summed E-state index contributed by atoms with van der Waals surface area (Å²) >= 11 is 0. The average molecular weight is 276 g/mol. The molecule has 20 heavy (non-hydrogen) atoms. The number of nitrogens with two attached hydrogens (primary N) is 1. The van der Waals surface area contributed by atoms with Gasteiger partial charge >= 0.3 is 0 Å². The fourth-order valence-corrected chi connectivity index (χ4v) is 2.22. The summed E-state index contributed by atoms with van der Waals surface area (Å²) in [6.07, 6.45) is 2.08. The molecule has 108 valence electrons. The molecule has 0 amide bonds. The molecule has 5 nitrogen and oxygen atoms in total. The monoisotopic (exact) mass is 276 g/mol. The van der Waals surface area contributed by atoms with Gasteiger partial charge in [0.1, 0.15) is 0 Å². The topological polar surface area (TPSA) is 88.3 Å². The van der Waals surface area contributed by atoms with Crippen LogP contribution in [-0.4, -0.2) is 16.7 Å². The third-order valence-electron chi connectivity index (χ3n) is 3.26. The molecule has 0 fully saturated rings. The van der Waals surface area contributed by atoms with E-state index in [2.05, 4.69) is 18.8 Å². The zero-order valence-corrected chi connectivity index (χ0v) is 11.8. The van der Waals surface area contributed by atoms with Crippen molar-refractivity contribution in [2.24, 2.45) is 5.92 Å². The Morgan fingerprint density at radius 1 is 1.45 bits per heavy atom. The largest absolute Gasteiger partial charge is 0.504 e. The van der Waals surface area contributed by atoms with Crippen LogP contribution in [0.25, 0.3) is 10.9 Å². The molecule has 1 aromatic carbocycles.